The molecule has 5 aliphatic carbocycles. The Morgan fingerprint density at radius 1 is 0.857 bits per heavy atom. The second-order valence-corrected chi connectivity index (χ2v) is 18.3. The molecule has 0 radical (unpaired) electrons. The van der Waals surface area contributed by atoms with E-state index >= 15 is 0 Å². The molecule has 7 unspecified atom stereocenters. The summed E-state index contributed by atoms with van der Waals surface area (Å²) in [6, 6.07) is 7.59. The molecule has 5 heteroatoms. The number of nitrogens with one attached hydrogen (secondary N) is 1. The molecular weight excluding hydrogens is 604 g/mol. The van der Waals surface area contributed by atoms with E-state index in [9.17, 15) is 14.7 Å². The zero-order valence-corrected chi connectivity index (χ0v) is 31.7. The maximum Gasteiger partial charge on any atom is 0.335 e. The molecule has 0 aromatic heterocycles. The van der Waals surface area contributed by atoms with Gasteiger partial charge in [-0.05, 0) is 159 Å². The Kier molecular flexibility index (Phi) is 10.1. The fraction of sp³-hybridized carbons (Fsp3) is 0.727. The number of carbonyl (C=O) groups excluding carboxylic acids is 1. The van der Waals surface area contributed by atoms with Crippen molar-refractivity contribution < 1.29 is 14.7 Å². The Labute approximate surface area is 297 Å². The van der Waals surface area contributed by atoms with Crippen LogP contribution in [0.2, 0.25) is 0 Å². The van der Waals surface area contributed by atoms with E-state index in [1.807, 2.05) is 19.1 Å². The molecule has 1 aliphatic heterocycles. The first-order valence-corrected chi connectivity index (χ1v) is 19.9. The van der Waals surface area contributed by atoms with Gasteiger partial charge >= 0.3 is 5.97 Å². The molecule has 7 rings (SSSR count). The summed E-state index contributed by atoms with van der Waals surface area (Å²) < 4.78 is 0. The van der Waals surface area contributed by atoms with Crippen LogP contribution in [0.4, 0.5) is 0 Å². The molecule has 0 spiro atoms. The van der Waals surface area contributed by atoms with Crippen LogP contribution < -0.4 is 5.32 Å². The van der Waals surface area contributed by atoms with Gasteiger partial charge in [-0.1, -0.05) is 71.7 Å². The third kappa shape index (κ3) is 5.86. The first-order valence-electron chi connectivity index (χ1n) is 19.9. The number of likely N-dealkylation sites (tertiary alicyclic amines) is 1. The Morgan fingerprint density at radius 3 is 2.22 bits per heavy atom. The van der Waals surface area contributed by atoms with Crippen LogP contribution in [0.1, 0.15) is 141 Å². The van der Waals surface area contributed by atoms with E-state index in [1.165, 1.54) is 88.4 Å². The Morgan fingerprint density at radius 2 is 1.55 bits per heavy atom. The van der Waals surface area contributed by atoms with Crippen LogP contribution in [-0.2, 0) is 4.79 Å². The van der Waals surface area contributed by atoms with Crippen molar-refractivity contribution in [1.29, 1.82) is 0 Å². The number of amides is 1. The van der Waals surface area contributed by atoms with Crippen molar-refractivity contribution in [2.75, 3.05) is 26.2 Å². The minimum atomic E-state index is -0.863. The summed E-state index contributed by atoms with van der Waals surface area (Å²) in [4.78, 5) is 28.2. The lowest BCUT2D eigenvalue weighted by atomic mass is 9.32. The van der Waals surface area contributed by atoms with E-state index in [-0.39, 0.29) is 27.1 Å². The van der Waals surface area contributed by atoms with Crippen molar-refractivity contribution in [3.63, 3.8) is 0 Å². The summed E-state index contributed by atoms with van der Waals surface area (Å²) in [7, 11) is 0. The molecule has 1 aromatic carbocycles. The van der Waals surface area contributed by atoms with E-state index in [4.69, 9.17) is 0 Å². The maximum atomic E-state index is 14.1. The van der Waals surface area contributed by atoms with Gasteiger partial charge in [-0.15, -0.1) is 6.58 Å². The number of nitrogens with zero attached hydrogens (tertiary/aromatic N) is 1. The maximum absolute atomic E-state index is 14.1. The molecule has 1 amide bonds. The molecule has 4 saturated carbocycles. The van der Waals surface area contributed by atoms with Crippen molar-refractivity contribution in [1.82, 2.24) is 10.2 Å². The molecule has 49 heavy (non-hydrogen) atoms. The normalized spacial score (nSPS) is 39.4. The van der Waals surface area contributed by atoms with Crippen molar-refractivity contribution in [3.8, 4) is 0 Å². The summed E-state index contributed by atoms with van der Waals surface area (Å²) in [5, 5.41) is 12.9. The number of fused-ring (bicyclic) bond motifs is 7. The highest BCUT2D eigenvalue weighted by Crippen LogP contribution is 2.77. The number of allylic oxidation sites excluding steroid dienone is 3. The molecule has 1 aromatic rings. The minimum absolute atomic E-state index is 0.0241. The molecule has 2 N–H and O–H groups in total. The zero-order valence-electron chi connectivity index (χ0n) is 31.7. The lowest BCUT2D eigenvalue weighted by molar-refractivity contribution is -0.222. The van der Waals surface area contributed by atoms with Crippen molar-refractivity contribution in [2.45, 2.75) is 125 Å². The lowest BCUT2D eigenvalue weighted by Crippen LogP contribution is -2.66. The van der Waals surface area contributed by atoms with Crippen LogP contribution in [0.15, 0.2) is 43.0 Å². The van der Waals surface area contributed by atoms with E-state index < -0.39 is 5.97 Å². The van der Waals surface area contributed by atoms with E-state index in [0.29, 0.717) is 35.1 Å². The number of carboxylic acids is 1. The Hall–Kier alpha value is -2.40. The van der Waals surface area contributed by atoms with Gasteiger partial charge in [0.1, 0.15) is 0 Å². The van der Waals surface area contributed by atoms with Crippen LogP contribution in [0, 0.1) is 50.7 Å². The van der Waals surface area contributed by atoms with Crippen molar-refractivity contribution >= 4 is 17.4 Å². The van der Waals surface area contributed by atoms with Crippen LogP contribution in [0.5, 0.6) is 0 Å². The van der Waals surface area contributed by atoms with Crippen LogP contribution >= 0.6 is 0 Å². The van der Waals surface area contributed by atoms with Gasteiger partial charge in [-0.25, -0.2) is 4.79 Å². The van der Waals surface area contributed by atoms with Gasteiger partial charge in [-0.3, -0.25) is 4.79 Å². The average Bonchev–Trinajstić information content (AvgIpc) is 3.51. The van der Waals surface area contributed by atoms with Gasteiger partial charge in [0.2, 0.25) is 5.91 Å². The topological polar surface area (TPSA) is 69.6 Å². The predicted molar refractivity (Wildman–Crippen MR) is 201 cm³/mol. The fourth-order valence-corrected chi connectivity index (χ4v) is 13.5. The van der Waals surface area contributed by atoms with Gasteiger partial charge in [0.25, 0.3) is 0 Å². The number of carbonyl (C=O) groups is 2. The molecule has 5 nitrogen and oxygen atoms in total. The number of hydrogen-bond donors (Lipinski definition) is 2. The van der Waals surface area contributed by atoms with Gasteiger partial charge in [0.15, 0.2) is 0 Å². The van der Waals surface area contributed by atoms with Crippen LogP contribution in [-0.4, -0.2) is 48.1 Å². The largest absolute Gasteiger partial charge is 0.478 e. The van der Waals surface area contributed by atoms with E-state index in [2.05, 4.69) is 57.5 Å². The second kappa shape index (κ2) is 13.6. The number of rotatable bonds is 6. The molecule has 0 bridgehead atoms. The Bertz CT molecular complexity index is 1420. The summed E-state index contributed by atoms with van der Waals surface area (Å²) in [5.74, 6) is 1.98. The van der Waals surface area contributed by atoms with Crippen molar-refractivity contribution in [2.24, 2.45) is 50.7 Å². The highest BCUT2D eigenvalue weighted by molar-refractivity contribution is 5.88. The summed E-state index contributed by atoms with van der Waals surface area (Å²) >= 11 is 0. The molecule has 1 heterocycles. The van der Waals surface area contributed by atoms with Gasteiger partial charge in [-0.2, -0.15) is 0 Å². The molecule has 5 fully saturated rings. The first kappa shape index (κ1) is 36.4. The SMILES string of the molecule is C=CC.CC1(C)C(c2ccc(C(=O)O)cc2)=CCC2(C)C1CCC1(C)C2CCC2C3CCCC3(C(=O)NCCN3CCCCC3)CC[C@]21C. The fourth-order valence-electron chi connectivity index (χ4n) is 13.5. The number of piperidine rings is 1. The molecule has 270 valence electrons. The third-order valence-corrected chi connectivity index (χ3v) is 16.0. The van der Waals surface area contributed by atoms with Gasteiger partial charge in [0, 0.05) is 13.1 Å². The summed E-state index contributed by atoms with van der Waals surface area (Å²) in [6.45, 7) is 22.3. The monoisotopic (exact) mass is 671 g/mol. The number of aromatic carboxylic acids is 1. The van der Waals surface area contributed by atoms with Crippen LogP contribution in [0.3, 0.4) is 0 Å². The number of carboxylic acid groups (broad SMARTS) is 1. The molecular formula is C44H66N2O3. The standard InChI is InChI=1S/C41H60N2O3.C3H6/c1-37(2)30(28-11-13-29(14-12-28)35(44)45)17-20-38(3)33(37)18-21-40(5)34(38)16-15-31-32-10-9-19-41(32,23-22-39(31,40)4)36(46)42-24-27-43-25-7-6-8-26-43;1-3-2/h11-14,17,31-34H,6-10,15-16,18-27H2,1-5H3,(H,42,46)(H,44,45);3H,1H2,2H3/t31?,32?,33?,34?,38?,39-,40?,41?;/m1./s1. The summed E-state index contributed by atoms with van der Waals surface area (Å²) in [6.07, 6.45) is 20.3. The van der Waals surface area contributed by atoms with E-state index in [1.54, 1.807) is 18.2 Å². The van der Waals surface area contributed by atoms with Gasteiger partial charge < -0.3 is 15.3 Å². The van der Waals surface area contributed by atoms with Crippen LogP contribution in [0.25, 0.3) is 5.57 Å². The lowest BCUT2D eigenvalue weighted by Gasteiger charge is -2.72. The zero-order chi connectivity index (χ0) is 35.2. The number of benzene rings is 1. The molecule has 8 atom stereocenters. The Balaban J connectivity index is 0.00000134. The highest BCUT2D eigenvalue weighted by atomic mass is 16.4. The summed E-state index contributed by atoms with van der Waals surface area (Å²) in [5.41, 5.74) is 3.62. The first-order chi connectivity index (χ1) is 23.3. The van der Waals surface area contributed by atoms with Gasteiger partial charge in [0.05, 0.1) is 11.0 Å². The minimum Gasteiger partial charge on any atom is -0.478 e. The van der Waals surface area contributed by atoms with Crippen molar-refractivity contribution in [3.05, 3.63) is 54.1 Å². The number of hydrogen-bond acceptors (Lipinski definition) is 3. The predicted octanol–water partition coefficient (Wildman–Crippen LogP) is 10.0. The molecule has 1 saturated heterocycles. The second-order valence-electron chi connectivity index (χ2n) is 18.3. The molecule has 6 aliphatic rings. The highest BCUT2D eigenvalue weighted by Gasteiger charge is 2.70. The quantitative estimate of drug-likeness (QED) is 0.296. The average molecular weight is 671 g/mol. The van der Waals surface area contributed by atoms with E-state index in [0.717, 1.165) is 32.4 Å². The third-order valence-electron chi connectivity index (χ3n) is 16.0. The smallest absolute Gasteiger partial charge is 0.335 e.